The predicted molar refractivity (Wildman–Crippen MR) is 90.9 cm³/mol. The van der Waals surface area contributed by atoms with Crippen LogP contribution in [0.15, 0.2) is 21.5 Å². The highest BCUT2D eigenvalue weighted by molar-refractivity contribution is 9.10. The number of hydrogen-bond acceptors (Lipinski definition) is 3. The molecule has 120 valence electrons. The van der Waals surface area contributed by atoms with Crippen LogP contribution in [0.3, 0.4) is 0 Å². The molecule has 0 atom stereocenters. The van der Waals surface area contributed by atoms with Crippen LogP contribution in [0.25, 0.3) is 0 Å². The predicted octanol–water partition coefficient (Wildman–Crippen LogP) is 3.14. The molecule has 0 radical (unpaired) electrons. The molecule has 0 fully saturated rings. The molecule has 1 rings (SSSR count). The van der Waals surface area contributed by atoms with E-state index in [9.17, 15) is 8.42 Å². The van der Waals surface area contributed by atoms with E-state index in [-0.39, 0.29) is 5.92 Å². The maximum Gasteiger partial charge on any atom is 0.243 e. The summed E-state index contributed by atoms with van der Waals surface area (Å²) in [6.45, 7) is 9.99. The second-order valence-corrected chi connectivity index (χ2v) is 8.49. The van der Waals surface area contributed by atoms with Crippen molar-refractivity contribution in [2.75, 3.05) is 20.1 Å². The highest BCUT2D eigenvalue weighted by atomic mass is 79.9. The van der Waals surface area contributed by atoms with Crippen LogP contribution >= 0.6 is 15.9 Å². The number of nitrogens with zero attached hydrogens (tertiary/aromatic N) is 1. The molecule has 0 amide bonds. The molecule has 0 unspecified atom stereocenters. The molecule has 0 aliphatic rings. The third kappa shape index (κ3) is 4.77. The average molecular weight is 377 g/mol. The van der Waals surface area contributed by atoms with Crippen molar-refractivity contribution in [3.05, 3.63) is 27.7 Å². The Kier molecular flexibility index (Phi) is 6.84. The largest absolute Gasteiger partial charge is 0.313 e. The van der Waals surface area contributed by atoms with Crippen LogP contribution in [-0.4, -0.2) is 32.9 Å². The normalized spacial score (nSPS) is 12.4. The van der Waals surface area contributed by atoms with Gasteiger partial charge < -0.3 is 5.32 Å². The molecule has 0 aromatic heterocycles. The van der Waals surface area contributed by atoms with Gasteiger partial charge in [-0.05, 0) is 52.5 Å². The summed E-state index contributed by atoms with van der Waals surface area (Å²) in [5.74, 6) is 0.287. The Labute approximate surface area is 137 Å². The van der Waals surface area contributed by atoms with E-state index in [4.69, 9.17) is 0 Å². The van der Waals surface area contributed by atoms with Gasteiger partial charge in [0.25, 0.3) is 0 Å². The zero-order chi connectivity index (χ0) is 16.2. The fourth-order valence-corrected chi connectivity index (χ4v) is 4.51. The molecule has 1 aromatic carbocycles. The Morgan fingerprint density at radius 1 is 1.33 bits per heavy atom. The van der Waals surface area contributed by atoms with Gasteiger partial charge in [0.05, 0.1) is 4.90 Å². The van der Waals surface area contributed by atoms with Crippen LogP contribution in [0.5, 0.6) is 0 Å². The van der Waals surface area contributed by atoms with Crippen molar-refractivity contribution in [1.82, 2.24) is 9.62 Å². The maximum absolute atomic E-state index is 12.7. The lowest BCUT2D eigenvalue weighted by Gasteiger charge is -2.21. The molecule has 4 nitrogen and oxygen atoms in total. The van der Waals surface area contributed by atoms with Crippen molar-refractivity contribution < 1.29 is 8.42 Å². The quantitative estimate of drug-likeness (QED) is 0.794. The number of sulfonamides is 1. The zero-order valence-electron chi connectivity index (χ0n) is 13.4. The fraction of sp³-hybridized carbons (Fsp3) is 0.600. The van der Waals surface area contributed by atoms with Gasteiger partial charge in [-0.25, -0.2) is 12.7 Å². The molecular weight excluding hydrogens is 352 g/mol. The molecule has 21 heavy (non-hydrogen) atoms. The van der Waals surface area contributed by atoms with Crippen molar-refractivity contribution in [3.63, 3.8) is 0 Å². The number of hydrogen-bond donors (Lipinski definition) is 1. The van der Waals surface area contributed by atoms with Crippen LogP contribution < -0.4 is 5.32 Å². The van der Waals surface area contributed by atoms with E-state index in [1.165, 1.54) is 4.31 Å². The molecule has 1 aromatic rings. The maximum atomic E-state index is 12.7. The lowest BCUT2D eigenvalue weighted by atomic mass is 10.1. The van der Waals surface area contributed by atoms with Crippen LogP contribution in [-0.2, 0) is 16.6 Å². The van der Waals surface area contributed by atoms with E-state index >= 15 is 0 Å². The number of nitrogens with one attached hydrogen (secondary N) is 1. The van der Waals surface area contributed by atoms with Gasteiger partial charge in [-0.15, -0.1) is 0 Å². The molecule has 0 aliphatic heterocycles. The molecule has 0 aliphatic carbocycles. The van der Waals surface area contributed by atoms with Crippen molar-refractivity contribution in [2.45, 2.75) is 39.1 Å². The van der Waals surface area contributed by atoms with E-state index in [2.05, 4.69) is 21.2 Å². The van der Waals surface area contributed by atoms with Crippen LogP contribution in [0, 0.1) is 12.8 Å². The van der Waals surface area contributed by atoms with Gasteiger partial charge >= 0.3 is 0 Å². The van der Waals surface area contributed by atoms with Gasteiger partial charge in [0, 0.05) is 24.6 Å². The third-order valence-corrected chi connectivity index (χ3v) is 6.33. The standard InChI is InChI=1S/C15H25BrN2O2S/c1-6-17-9-13-7-12(4)15(16)14(8-13)21(19,20)18(5)10-11(2)3/h7-8,11,17H,6,9-10H2,1-5H3. The summed E-state index contributed by atoms with van der Waals surface area (Å²) in [5, 5.41) is 3.23. The average Bonchev–Trinajstić information content (AvgIpc) is 2.38. The van der Waals surface area contributed by atoms with Crippen LogP contribution in [0.2, 0.25) is 0 Å². The Hall–Kier alpha value is -0.430. The van der Waals surface area contributed by atoms with Gasteiger partial charge in [0.1, 0.15) is 0 Å². The van der Waals surface area contributed by atoms with E-state index in [0.717, 1.165) is 17.7 Å². The summed E-state index contributed by atoms with van der Waals surface area (Å²) in [6.07, 6.45) is 0. The number of rotatable bonds is 7. The van der Waals surface area contributed by atoms with E-state index in [1.54, 1.807) is 13.1 Å². The monoisotopic (exact) mass is 376 g/mol. The lowest BCUT2D eigenvalue weighted by molar-refractivity contribution is 0.417. The van der Waals surface area contributed by atoms with Crippen molar-refractivity contribution in [1.29, 1.82) is 0 Å². The zero-order valence-corrected chi connectivity index (χ0v) is 15.8. The van der Waals surface area contributed by atoms with Gasteiger partial charge in [0.15, 0.2) is 0 Å². The molecular formula is C15H25BrN2O2S. The molecule has 0 bridgehead atoms. The topological polar surface area (TPSA) is 49.4 Å². The van der Waals surface area contributed by atoms with Gasteiger partial charge in [-0.3, -0.25) is 0 Å². The van der Waals surface area contributed by atoms with Crippen LogP contribution in [0.1, 0.15) is 31.9 Å². The molecule has 0 spiro atoms. The minimum atomic E-state index is -3.48. The molecule has 0 saturated heterocycles. The Morgan fingerprint density at radius 3 is 2.48 bits per heavy atom. The first kappa shape index (κ1) is 18.6. The summed E-state index contributed by atoms with van der Waals surface area (Å²) in [4.78, 5) is 0.346. The first-order valence-electron chi connectivity index (χ1n) is 7.16. The summed E-state index contributed by atoms with van der Waals surface area (Å²) < 4.78 is 27.6. The Morgan fingerprint density at radius 2 is 1.95 bits per heavy atom. The summed E-state index contributed by atoms with van der Waals surface area (Å²) in [7, 11) is -1.84. The number of benzene rings is 1. The highest BCUT2D eigenvalue weighted by Gasteiger charge is 2.25. The minimum absolute atomic E-state index is 0.287. The summed E-state index contributed by atoms with van der Waals surface area (Å²) in [5.41, 5.74) is 1.91. The molecule has 0 saturated carbocycles. The van der Waals surface area contributed by atoms with Crippen molar-refractivity contribution >= 4 is 26.0 Å². The second-order valence-electron chi connectivity index (χ2n) is 5.68. The van der Waals surface area contributed by atoms with E-state index in [1.807, 2.05) is 33.8 Å². The minimum Gasteiger partial charge on any atom is -0.313 e. The van der Waals surface area contributed by atoms with Crippen molar-refractivity contribution in [2.24, 2.45) is 5.92 Å². The Bertz CT molecular complexity index is 586. The number of aryl methyl sites for hydroxylation is 1. The van der Waals surface area contributed by atoms with Gasteiger partial charge in [-0.2, -0.15) is 0 Å². The van der Waals surface area contributed by atoms with Crippen LogP contribution in [0.4, 0.5) is 0 Å². The van der Waals surface area contributed by atoms with Crippen molar-refractivity contribution in [3.8, 4) is 0 Å². The third-order valence-electron chi connectivity index (χ3n) is 3.17. The Balaban J connectivity index is 3.24. The smallest absolute Gasteiger partial charge is 0.243 e. The molecule has 6 heteroatoms. The molecule has 1 N–H and O–H groups in total. The van der Waals surface area contributed by atoms with Gasteiger partial charge in [-0.1, -0.05) is 26.8 Å². The van der Waals surface area contributed by atoms with Gasteiger partial charge in [0.2, 0.25) is 10.0 Å². The lowest BCUT2D eigenvalue weighted by Crippen LogP contribution is -2.31. The first-order chi connectivity index (χ1) is 9.70. The fourth-order valence-electron chi connectivity index (χ4n) is 2.15. The highest BCUT2D eigenvalue weighted by Crippen LogP contribution is 2.29. The second kappa shape index (κ2) is 7.72. The summed E-state index contributed by atoms with van der Waals surface area (Å²) in [6, 6.07) is 3.76. The van der Waals surface area contributed by atoms with E-state index in [0.29, 0.717) is 22.5 Å². The number of halogens is 1. The SMILES string of the molecule is CCNCc1cc(C)c(Br)c(S(=O)(=O)N(C)CC(C)C)c1. The molecule has 0 heterocycles. The summed E-state index contributed by atoms with van der Waals surface area (Å²) >= 11 is 3.43. The van der Waals surface area contributed by atoms with E-state index < -0.39 is 10.0 Å². The first-order valence-corrected chi connectivity index (χ1v) is 9.39.